The molecule has 2 aromatic carbocycles. The van der Waals surface area contributed by atoms with Gasteiger partial charge in [0.2, 0.25) is 5.91 Å². The van der Waals surface area contributed by atoms with E-state index in [9.17, 15) is 4.79 Å². The van der Waals surface area contributed by atoms with Gasteiger partial charge in [-0.05, 0) is 36.8 Å². The van der Waals surface area contributed by atoms with Gasteiger partial charge in [-0.3, -0.25) is 4.79 Å². The maximum atomic E-state index is 12.7. The summed E-state index contributed by atoms with van der Waals surface area (Å²) in [5, 5.41) is 0. The first-order valence-corrected chi connectivity index (χ1v) is 11.8. The number of hydrogen-bond acceptors (Lipinski definition) is 3. The Labute approximate surface area is 191 Å². The van der Waals surface area contributed by atoms with E-state index in [4.69, 9.17) is 4.99 Å². The van der Waals surface area contributed by atoms with Gasteiger partial charge in [-0.2, -0.15) is 0 Å². The van der Waals surface area contributed by atoms with Crippen molar-refractivity contribution in [1.29, 1.82) is 0 Å². The van der Waals surface area contributed by atoms with Gasteiger partial charge >= 0.3 is 0 Å². The largest absolute Gasteiger partial charge is 0.336 e. The monoisotopic (exact) mass is 425 g/mol. The number of hydrogen-bond donors (Lipinski definition) is 0. The van der Waals surface area contributed by atoms with E-state index in [1.165, 1.54) is 29.5 Å². The van der Waals surface area contributed by atoms with Crippen LogP contribution in [0.2, 0.25) is 0 Å². The summed E-state index contributed by atoms with van der Waals surface area (Å²) < 4.78 is 0. The molecule has 1 amide bonds. The maximum Gasteiger partial charge on any atom is 0.222 e. The van der Waals surface area contributed by atoms with Crippen molar-refractivity contribution in [3.63, 3.8) is 0 Å². The van der Waals surface area contributed by atoms with E-state index in [1.807, 2.05) is 17.0 Å². The summed E-state index contributed by atoms with van der Waals surface area (Å²) in [7, 11) is 0. The van der Waals surface area contributed by atoms with E-state index in [0.717, 1.165) is 42.5 Å². The Morgan fingerprint density at radius 3 is 2.28 bits per heavy atom. The fourth-order valence-electron chi connectivity index (χ4n) is 4.96. The van der Waals surface area contributed by atoms with Crippen molar-refractivity contribution in [3.8, 4) is 0 Å². The topological polar surface area (TPSA) is 35.9 Å². The van der Waals surface area contributed by atoms with Crippen LogP contribution in [0.4, 0.5) is 0 Å². The molecule has 0 aromatic heterocycles. The van der Waals surface area contributed by atoms with Gasteiger partial charge in [0.1, 0.15) is 5.84 Å². The van der Waals surface area contributed by atoms with E-state index in [1.54, 1.807) is 0 Å². The van der Waals surface area contributed by atoms with Crippen LogP contribution in [0.3, 0.4) is 0 Å². The maximum absolute atomic E-state index is 12.7. The highest BCUT2D eigenvalue weighted by Gasteiger charge is 2.34. The number of amidine groups is 1. The quantitative estimate of drug-likeness (QED) is 0.595. The highest BCUT2D eigenvalue weighted by atomic mass is 16.2. The molecular weight excluding hydrogens is 394 g/mol. The predicted octanol–water partition coefficient (Wildman–Crippen LogP) is 5.70. The van der Waals surface area contributed by atoms with Crippen LogP contribution in [0.25, 0.3) is 0 Å². The zero-order chi connectivity index (χ0) is 22.1. The molecule has 0 unspecified atom stereocenters. The first kappa shape index (κ1) is 20.7. The number of nitrogens with zero attached hydrogens (tertiary/aromatic N) is 3. The van der Waals surface area contributed by atoms with Gasteiger partial charge in [-0.1, -0.05) is 80.1 Å². The summed E-state index contributed by atoms with van der Waals surface area (Å²) in [6.45, 7) is 7.94. The molecule has 2 heterocycles. The molecular formula is C28H31N3O. The molecule has 0 N–H and O–H groups in total. The smallest absolute Gasteiger partial charge is 0.222 e. The minimum atomic E-state index is 0.0147. The molecule has 1 saturated carbocycles. The number of aliphatic imine (C=N–C) groups is 1. The molecule has 2 aliphatic heterocycles. The molecule has 0 atom stereocenters. The Morgan fingerprint density at radius 2 is 1.69 bits per heavy atom. The van der Waals surface area contributed by atoms with Crippen LogP contribution in [0, 0.1) is 5.92 Å². The fourth-order valence-corrected chi connectivity index (χ4v) is 4.96. The number of benzene rings is 2. The highest BCUT2D eigenvalue weighted by Crippen LogP contribution is 2.39. The number of rotatable bonds is 6. The number of carbonyl (C=O) groups is 1. The van der Waals surface area contributed by atoms with Gasteiger partial charge in [0.05, 0.1) is 18.3 Å². The number of amides is 1. The van der Waals surface area contributed by atoms with Crippen LogP contribution in [0.15, 0.2) is 89.2 Å². The second-order valence-corrected chi connectivity index (χ2v) is 9.17. The van der Waals surface area contributed by atoms with Crippen molar-refractivity contribution < 1.29 is 4.79 Å². The van der Waals surface area contributed by atoms with Crippen molar-refractivity contribution in [3.05, 3.63) is 95.3 Å². The first-order valence-electron chi connectivity index (χ1n) is 11.8. The Balaban J connectivity index is 1.42. The Bertz CT molecular complexity index is 1030. The lowest BCUT2D eigenvalue weighted by Crippen LogP contribution is -2.42. The van der Waals surface area contributed by atoms with Gasteiger partial charge in [-0.15, -0.1) is 0 Å². The molecule has 0 bridgehead atoms. The molecule has 0 saturated heterocycles. The van der Waals surface area contributed by atoms with Crippen LogP contribution in [-0.2, 0) is 4.79 Å². The molecule has 32 heavy (non-hydrogen) atoms. The summed E-state index contributed by atoms with van der Waals surface area (Å²) in [6, 6.07) is 21.1. The second-order valence-electron chi connectivity index (χ2n) is 9.17. The summed E-state index contributed by atoms with van der Waals surface area (Å²) >= 11 is 0. The van der Waals surface area contributed by atoms with E-state index in [-0.39, 0.29) is 11.9 Å². The fraction of sp³-hybridized carbons (Fsp3) is 0.357. The summed E-state index contributed by atoms with van der Waals surface area (Å²) in [6.07, 6.45) is 5.12. The van der Waals surface area contributed by atoms with E-state index in [2.05, 4.69) is 66.9 Å². The van der Waals surface area contributed by atoms with Gasteiger partial charge in [0.15, 0.2) is 0 Å². The molecule has 1 fully saturated rings. The van der Waals surface area contributed by atoms with Crippen molar-refractivity contribution >= 4 is 11.7 Å². The molecule has 2 aromatic rings. The van der Waals surface area contributed by atoms with Crippen molar-refractivity contribution in [2.75, 3.05) is 13.1 Å². The molecule has 4 heteroatoms. The molecule has 0 radical (unpaired) electrons. The third-order valence-electron chi connectivity index (χ3n) is 6.91. The number of allylic oxidation sites excluding steroid dienone is 1. The van der Waals surface area contributed by atoms with E-state index < -0.39 is 0 Å². The average Bonchev–Trinajstić information content (AvgIpc) is 3.65. The normalized spacial score (nSPS) is 18.7. The minimum absolute atomic E-state index is 0.0147. The van der Waals surface area contributed by atoms with Gasteiger partial charge in [0.25, 0.3) is 0 Å². The lowest BCUT2D eigenvalue weighted by Gasteiger charge is -2.41. The third-order valence-corrected chi connectivity index (χ3v) is 6.91. The molecule has 5 rings (SSSR count). The summed E-state index contributed by atoms with van der Waals surface area (Å²) in [4.78, 5) is 22.0. The van der Waals surface area contributed by atoms with Gasteiger partial charge in [-0.25, -0.2) is 4.99 Å². The molecule has 1 aliphatic carbocycles. The van der Waals surface area contributed by atoms with E-state index >= 15 is 0 Å². The molecule has 164 valence electrons. The minimum Gasteiger partial charge on any atom is -0.336 e. The predicted molar refractivity (Wildman–Crippen MR) is 129 cm³/mol. The lowest BCUT2D eigenvalue weighted by molar-refractivity contribution is -0.131. The van der Waals surface area contributed by atoms with Crippen LogP contribution >= 0.6 is 0 Å². The van der Waals surface area contributed by atoms with Gasteiger partial charge < -0.3 is 9.80 Å². The Morgan fingerprint density at radius 1 is 1.06 bits per heavy atom. The molecule has 3 aliphatic rings. The highest BCUT2D eigenvalue weighted by molar-refractivity contribution is 5.86. The summed E-state index contributed by atoms with van der Waals surface area (Å²) in [5.74, 6) is 1.99. The zero-order valence-electron chi connectivity index (χ0n) is 18.8. The van der Waals surface area contributed by atoms with Crippen LogP contribution in [-0.4, -0.2) is 34.6 Å². The Kier molecular flexibility index (Phi) is 5.69. The summed E-state index contributed by atoms with van der Waals surface area (Å²) in [5.41, 5.74) is 5.64. The average molecular weight is 426 g/mol. The van der Waals surface area contributed by atoms with Gasteiger partial charge in [0, 0.05) is 24.2 Å². The lowest BCUT2D eigenvalue weighted by atomic mass is 9.92. The van der Waals surface area contributed by atoms with Crippen LogP contribution in [0.1, 0.15) is 56.2 Å². The van der Waals surface area contributed by atoms with Crippen molar-refractivity contribution in [2.45, 2.75) is 45.1 Å². The molecule has 0 spiro atoms. The second kappa shape index (κ2) is 8.78. The standard InChI is InChI=1S/C28H31N3O/c1-20-25-17-18-30(27(32)16-15-22-13-14-22)19-26(25)29-21(2)31(20)28(23-9-5-3-6-10-23)24-11-7-4-8-12-24/h3-12,22,28H,1,13-19H2,2H3. The molecule has 4 nitrogen and oxygen atoms in total. The third kappa shape index (κ3) is 4.14. The zero-order valence-corrected chi connectivity index (χ0v) is 18.8. The Hall–Kier alpha value is -3.14. The van der Waals surface area contributed by atoms with Crippen molar-refractivity contribution in [1.82, 2.24) is 9.80 Å². The van der Waals surface area contributed by atoms with E-state index in [0.29, 0.717) is 13.0 Å². The van der Waals surface area contributed by atoms with Crippen LogP contribution in [0.5, 0.6) is 0 Å². The number of carbonyl (C=O) groups excluding carboxylic acids is 1. The van der Waals surface area contributed by atoms with Crippen molar-refractivity contribution in [2.24, 2.45) is 10.9 Å². The van der Waals surface area contributed by atoms with Crippen LogP contribution < -0.4 is 0 Å². The SMILES string of the molecule is C=C1C2=C(CN(C(=O)CCC3CC3)CC2)N=C(C)N1C(c1ccccc1)c1ccccc1. The first-order chi connectivity index (χ1) is 15.6.